The molecule has 6 rings (SSSR count). The summed E-state index contributed by atoms with van der Waals surface area (Å²) in [6.07, 6.45) is 7.67. The van der Waals surface area contributed by atoms with Gasteiger partial charge in [-0.1, -0.05) is 12.1 Å². The largest absolute Gasteiger partial charge is 0.390 e. The molecule has 3 aliphatic rings. The Morgan fingerprint density at radius 1 is 1.19 bits per heavy atom. The van der Waals surface area contributed by atoms with Crippen LogP contribution < -0.4 is 4.90 Å². The van der Waals surface area contributed by atoms with E-state index in [1.807, 2.05) is 30.8 Å². The lowest BCUT2D eigenvalue weighted by Crippen LogP contribution is -2.33. The van der Waals surface area contributed by atoms with Crippen molar-refractivity contribution in [3.63, 3.8) is 0 Å². The van der Waals surface area contributed by atoms with Gasteiger partial charge in [0, 0.05) is 30.5 Å². The zero-order valence-corrected chi connectivity index (χ0v) is 17.9. The van der Waals surface area contributed by atoms with Crippen LogP contribution in [0.4, 0.5) is 5.82 Å². The number of nitriles is 1. The van der Waals surface area contributed by atoms with Crippen molar-refractivity contribution in [1.29, 1.82) is 5.26 Å². The number of nitrogens with zero attached hydrogens (tertiary/aromatic N) is 6. The fourth-order valence-electron chi connectivity index (χ4n) is 5.49. The lowest BCUT2D eigenvalue weighted by molar-refractivity contribution is 0.0263. The summed E-state index contributed by atoms with van der Waals surface area (Å²) in [5.74, 6) is 1.78. The van der Waals surface area contributed by atoms with Gasteiger partial charge in [-0.3, -0.25) is 0 Å². The van der Waals surface area contributed by atoms with E-state index in [9.17, 15) is 10.4 Å². The predicted octanol–water partition coefficient (Wildman–Crippen LogP) is 3.36. The first-order valence-electron chi connectivity index (χ1n) is 11.0. The van der Waals surface area contributed by atoms with E-state index in [0.717, 1.165) is 61.1 Å². The number of rotatable bonds is 4. The molecule has 2 aliphatic carbocycles. The van der Waals surface area contributed by atoms with Crippen LogP contribution in [0.25, 0.3) is 16.7 Å². The molecule has 3 aromatic rings. The van der Waals surface area contributed by atoms with Crippen molar-refractivity contribution in [1.82, 2.24) is 19.7 Å². The van der Waals surface area contributed by atoms with Gasteiger partial charge in [-0.2, -0.15) is 10.4 Å². The van der Waals surface area contributed by atoms with Crippen molar-refractivity contribution in [3.05, 3.63) is 42.4 Å². The van der Waals surface area contributed by atoms with E-state index >= 15 is 0 Å². The summed E-state index contributed by atoms with van der Waals surface area (Å²) in [5.41, 5.74) is 1.28. The topological polar surface area (TPSA) is 90.9 Å². The summed E-state index contributed by atoms with van der Waals surface area (Å²) >= 11 is 0. The molecular formula is C24H26N6O. The average molecular weight is 415 g/mol. The minimum absolute atomic E-state index is 0.217. The maximum Gasteiger partial charge on any atom is 0.159 e. The van der Waals surface area contributed by atoms with E-state index in [0.29, 0.717) is 5.82 Å². The highest BCUT2D eigenvalue weighted by molar-refractivity contribution is 5.82. The van der Waals surface area contributed by atoms with E-state index in [-0.39, 0.29) is 16.7 Å². The van der Waals surface area contributed by atoms with Crippen LogP contribution in [-0.4, -0.2) is 43.5 Å². The first-order chi connectivity index (χ1) is 14.9. The fourth-order valence-corrected chi connectivity index (χ4v) is 5.49. The zero-order valence-electron chi connectivity index (χ0n) is 17.9. The molecule has 2 atom stereocenters. The molecule has 1 N–H and O–H groups in total. The highest BCUT2D eigenvalue weighted by Gasteiger charge is 2.75. The van der Waals surface area contributed by atoms with Crippen LogP contribution in [0, 0.1) is 22.7 Å². The van der Waals surface area contributed by atoms with Crippen LogP contribution in [0.2, 0.25) is 0 Å². The summed E-state index contributed by atoms with van der Waals surface area (Å²) < 4.78 is 1.85. The van der Waals surface area contributed by atoms with E-state index in [1.54, 1.807) is 6.33 Å². The Balaban J connectivity index is 1.35. The molecule has 7 heteroatoms. The molecule has 158 valence electrons. The Kier molecular flexibility index (Phi) is 3.66. The molecule has 0 amide bonds. The number of fused-ring (bicyclic) bond motifs is 1. The van der Waals surface area contributed by atoms with Gasteiger partial charge >= 0.3 is 0 Å². The first-order valence-corrected chi connectivity index (χ1v) is 11.0. The van der Waals surface area contributed by atoms with E-state index in [1.165, 1.54) is 0 Å². The standard InChI is InChI=1S/C24H26N6O/c1-22(2,31)18-5-8-29(12-18)20-10-21(27-15-26-20)30-19-9-17(4-3-16(19)11-28-30)24(14-25)13-23(24)6-7-23/h3-4,9-11,15,18,31H,5-8,12-13H2,1-2H3/t18-,24-/m1/s1. The number of benzene rings is 1. The van der Waals surface area contributed by atoms with Gasteiger partial charge in [-0.05, 0) is 56.6 Å². The molecule has 7 nitrogen and oxygen atoms in total. The van der Waals surface area contributed by atoms with Crippen LogP contribution in [0.15, 0.2) is 36.8 Å². The van der Waals surface area contributed by atoms with Crippen molar-refractivity contribution in [2.45, 2.75) is 50.5 Å². The molecule has 0 bridgehead atoms. The second kappa shape index (κ2) is 6.04. The predicted molar refractivity (Wildman–Crippen MR) is 117 cm³/mol. The van der Waals surface area contributed by atoms with Gasteiger partial charge < -0.3 is 10.0 Å². The molecule has 2 aromatic heterocycles. The number of hydrogen-bond donors (Lipinski definition) is 1. The summed E-state index contributed by atoms with van der Waals surface area (Å²) in [6, 6.07) is 10.9. The SMILES string of the molecule is CC(C)(O)[C@@H]1CCN(c2cc(-n3ncc4ccc([C@]5(C#N)CC56CC6)cc43)ncn2)C1. The van der Waals surface area contributed by atoms with Crippen molar-refractivity contribution >= 4 is 16.7 Å². The Bertz CT molecular complexity index is 1230. The summed E-state index contributed by atoms with van der Waals surface area (Å²) in [5, 5.41) is 25.9. The van der Waals surface area contributed by atoms with Gasteiger partial charge in [0.05, 0.1) is 28.8 Å². The zero-order chi connectivity index (χ0) is 21.4. The average Bonchev–Trinajstić information content (AvgIpc) is 3.50. The van der Waals surface area contributed by atoms with Gasteiger partial charge in [0.15, 0.2) is 5.82 Å². The third kappa shape index (κ3) is 2.71. The molecule has 1 aliphatic heterocycles. The van der Waals surface area contributed by atoms with Gasteiger partial charge in [-0.15, -0.1) is 0 Å². The summed E-state index contributed by atoms with van der Waals surface area (Å²) in [7, 11) is 0. The minimum Gasteiger partial charge on any atom is -0.390 e. The second-order valence-corrected chi connectivity index (χ2v) is 10.1. The molecular weight excluding hydrogens is 388 g/mol. The van der Waals surface area contributed by atoms with Crippen molar-refractivity contribution in [2.75, 3.05) is 18.0 Å². The number of aromatic nitrogens is 4. The first kappa shape index (κ1) is 18.8. The molecule has 0 unspecified atom stereocenters. The van der Waals surface area contributed by atoms with Crippen molar-refractivity contribution < 1.29 is 5.11 Å². The molecule has 0 radical (unpaired) electrons. The minimum atomic E-state index is -0.697. The van der Waals surface area contributed by atoms with Crippen LogP contribution in [0.5, 0.6) is 0 Å². The van der Waals surface area contributed by atoms with Crippen molar-refractivity contribution in [2.24, 2.45) is 11.3 Å². The molecule has 3 fully saturated rings. The van der Waals surface area contributed by atoms with E-state index in [4.69, 9.17) is 0 Å². The van der Waals surface area contributed by atoms with Gasteiger partial charge in [0.25, 0.3) is 0 Å². The lowest BCUT2D eigenvalue weighted by Gasteiger charge is -2.25. The van der Waals surface area contributed by atoms with Crippen LogP contribution in [-0.2, 0) is 5.41 Å². The molecule has 3 heterocycles. The maximum atomic E-state index is 10.4. The van der Waals surface area contributed by atoms with E-state index in [2.05, 4.69) is 44.2 Å². The Morgan fingerprint density at radius 2 is 2.00 bits per heavy atom. The number of aliphatic hydroxyl groups is 1. The van der Waals surface area contributed by atoms with Crippen LogP contribution in [0.1, 0.15) is 45.1 Å². The Hall–Kier alpha value is -2.98. The van der Waals surface area contributed by atoms with Gasteiger partial charge in [0.1, 0.15) is 12.1 Å². The van der Waals surface area contributed by atoms with Crippen molar-refractivity contribution in [3.8, 4) is 11.9 Å². The van der Waals surface area contributed by atoms with Crippen LogP contribution >= 0.6 is 0 Å². The summed E-state index contributed by atoms with van der Waals surface area (Å²) in [4.78, 5) is 11.2. The molecule has 1 spiro atoms. The quantitative estimate of drug-likeness (QED) is 0.704. The van der Waals surface area contributed by atoms with Crippen LogP contribution in [0.3, 0.4) is 0 Å². The molecule has 2 saturated carbocycles. The molecule has 31 heavy (non-hydrogen) atoms. The third-order valence-electron chi connectivity index (χ3n) is 7.86. The highest BCUT2D eigenvalue weighted by Crippen LogP contribution is 2.78. The normalized spacial score (nSPS) is 26.4. The number of hydrogen-bond acceptors (Lipinski definition) is 6. The third-order valence-corrected chi connectivity index (χ3v) is 7.86. The smallest absolute Gasteiger partial charge is 0.159 e. The lowest BCUT2D eigenvalue weighted by atomic mass is 9.90. The maximum absolute atomic E-state index is 10.4. The van der Waals surface area contributed by atoms with Gasteiger partial charge in [-0.25, -0.2) is 14.6 Å². The highest BCUT2D eigenvalue weighted by atomic mass is 16.3. The molecule has 1 aromatic carbocycles. The van der Waals surface area contributed by atoms with E-state index < -0.39 is 5.60 Å². The Labute approximate surface area is 181 Å². The monoisotopic (exact) mass is 414 g/mol. The van der Waals surface area contributed by atoms with Gasteiger partial charge in [0.2, 0.25) is 0 Å². The molecule has 1 saturated heterocycles. The fraction of sp³-hybridized carbons (Fsp3) is 0.500. The second-order valence-electron chi connectivity index (χ2n) is 10.1. The Morgan fingerprint density at radius 3 is 2.68 bits per heavy atom. The number of anilines is 1. The summed E-state index contributed by atoms with van der Waals surface area (Å²) in [6.45, 7) is 5.39.